The van der Waals surface area contributed by atoms with Crippen molar-refractivity contribution in [2.75, 3.05) is 27.9 Å². The van der Waals surface area contributed by atoms with E-state index in [9.17, 15) is 4.79 Å². The monoisotopic (exact) mass is 343 g/mol. The summed E-state index contributed by atoms with van der Waals surface area (Å²) < 4.78 is 15.8. The molecule has 0 unspecified atom stereocenters. The Morgan fingerprint density at radius 1 is 1.08 bits per heavy atom. The first-order chi connectivity index (χ1) is 12.1. The highest BCUT2D eigenvalue weighted by molar-refractivity contribution is 5.79. The van der Waals surface area contributed by atoms with Crippen molar-refractivity contribution in [3.63, 3.8) is 0 Å². The van der Waals surface area contributed by atoms with Gasteiger partial charge in [0.05, 0.1) is 27.8 Å². The molecule has 0 aromatic heterocycles. The average molecular weight is 343 g/mol. The highest BCUT2D eigenvalue weighted by Gasteiger charge is 2.18. The van der Waals surface area contributed by atoms with Crippen LogP contribution in [0.3, 0.4) is 0 Å². The molecule has 1 N–H and O–H groups in total. The van der Waals surface area contributed by atoms with E-state index in [1.807, 2.05) is 43.3 Å². The van der Waals surface area contributed by atoms with Crippen LogP contribution in [0.25, 0.3) is 11.1 Å². The summed E-state index contributed by atoms with van der Waals surface area (Å²) in [5.74, 6) is 1.27. The van der Waals surface area contributed by atoms with Gasteiger partial charge >= 0.3 is 5.97 Å². The van der Waals surface area contributed by atoms with E-state index in [0.29, 0.717) is 6.54 Å². The molecular weight excluding hydrogens is 318 g/mol. The van der Waals surface area contributed by atoms with E-state index in [4.69, 9.17) is 14.2 Å². The second-order valence-electron chi connectivity index (χ2n) is 5.55. The fourth-order valence-electron chi connectivity index (χ4n) is 2.78. The second-order valence-corrected chi connectivity index (χ2v) is 5.55. The van der Waals surface area contributed by atoms with E-state index in [0.717, 1.165) is 40.3 Å². The SMILES string of the molecule is CCNCc1c(CC(=O)OC)ccc(OC)c1-c1cccc(OC)c1. The van der Waals surface area contributed by atoms with Gasteiger partial charge in [-0.05, 0) is 41.4 Å². The van der Waals surface area contributed by atoms with Crippen molar-refractivity contribution in [1.29, 1.82) is 0 Å². The lowest BCUT2D eigenvalue weighted by atomic mass is 9.92. The number of methoxy groups -OCH3 is 3. The van der Waals surface area contributed by atoms with Crippen LogP contribution in [0.5, 0.6) is 11.5 Å². The molecular formula is C20H25NO4. The molecule has 2 aromatic rings. The van der Waals surface area contributed by atoms with Crippen LogP contribution in [0.15, 0.2) is 36.4 Å². The van der Waals surface area contributed by atoms with Gasteiger partial charge in [0.25, 0.3) is 0 Å². The lowest BCUT2D eigenvalue weighted by Gasteiger charge is -2.19. The van der Waals surface area contributed by atoms with Gasteiger partial charge in [0, 0.05) is 12.1 Å². The summed E-state index contributed by atoms with van der Waals surface area (Å²) in [6, 6.07) is 11.6. The van der Waals surface area contributed by atoms with E-state index in [-0.39, 0.29) is 12.4 Å². The Kier molecular flexibility index (Phi) is 6.83. The van der Waals surface area contributed by atoms with Crippen LogP contribution in [-0.4, -0.2) is 33.8 Å². The van der Waals surface area contributed by atoms with Gasteiger partial charge in [-0.25, -0.2) is 0 Å². The fraction of sp³-hybridized carbons (Fsp3) is 0.350. The lowest BCUT2D eigenvalue weighted by Crippen LogP contribution is -2.16. The minimum Gasteiger partial charge on any atom is -0.497 e. The first kappa shape index (κ1) is 18.8. The Balaban J connectivity index is 2.63. The third kappa shape index (κ3) is 4.51. The molecule has 2 rings (SSSR count). The Hall–Kier alpha value is -2.53. The zero-order valence-electron chi connectivity index (χ0n) is 15.2. The predicted molar refractivity (Wildman–Crippen MR) is 98.1 cm³/mol. The zero-order valence-corrected chi connectivity index (χ0v) is 15.2. The van der Waals surface area contributed by atoms with Crippen LogP contribution in [-0.2, 0) is 22.5 Å². The van der Waals surface area contributed by atoms with Crippen molar-refractivity contribution >= 4 is 5.97 Å². The lowest BCUT2D eigenvalue weighted by molar-refractivity contribution is -0.139. The van der Waals surface area contributed by atoms with E-state index in [1.54, 1.807) is 14.2 Å². The second kappa shape index (κ2) is 9.08. The summed E-state index contributed by atoms with van der Waals surface area (Å²) in [6.07, 6.45) is 0.220. The van der Waals surface area contributed by atoms with Gasteiger partial charge in [0.1, 0.15) is 11.5 Å². The predicted octanol–water partition coefficient (Wildman–Crippen LogP) is 3.20. The molecule has 0 amide bonds. The van der Waals surface area contributed by atoms with E-state index in [2.05, 4.69) is 5.32 Å². The van der Waals surface area contributed by atoms with Gasteiger partial charge < -0.3 is 19.5 Å². The molecule has 5 nitrogen and oxygen atoms in total. The van der Waals surface area contributed by atoms with Crippen molar-refractivity contribution in [3.8, 4) is 22.6 Å². The Bertz CT molecular complexity index is 728. The van der Waals surface area contributed by atoms with E-state index >= 15 is 0 Å². The largest absolute Gasteiger partial charge is 0.497 e. The molecule has 25 heavy (non-hydrogen) atoms. The zero-order chi connectivity index (χ0) is 18.2. The number of hydrogen-bond donors (Lipinski definition) is 1. The molecule has 0 aliphatic rings. The van der Waals surface area contributed by atoms with Gasteiger partial charge in [-0.15, -0.1) is 0 Å². The van der Waals surface area contributed by atoms with Crippen molar-refractivity contribution in [2.45, 2.75) is 19.9 Å². The van der Waals surface area contributed by atoms with Crippen LogP contribution in [0.1, 0.15) is 18.1 Å². The molecule has 0 atom stereocenters. The smallest absolute Gasteiger partial charge is 0.309 e. The molecule has 0 bridgehead atoms. The molecule has 5 heteroatoms. The summed E-state index contributed by atoms with van der Waals surface area (Å²) in [4.78, 5) is 11.8. The average Bonchev–Trinajstić information content (AvgIpc) is 2.66. The maximum absolute atomic E-state index is 11.8. The van der Waals surface area contributed by atoms with Crippen LogP contribution < -0.4 is 14.8 Å². The van der Waals surface area contributed by atoms with Crippen molar-refractivity contribution < 1.29 is 19.0 Å². The maximum Gasteiger partial charge on any atom is 0.309 e. The summed E-state index contributed by atoms with van der Waals surface area (Å²) in [5.41, 5.74) is 3.89. The molecule has 0 heterocycles. The summed E-state index contributed by atoms with van der Waals surface area (Å²) in [6.45, 7) is 3.50. The number of esters is 1. The molecule has 0 saturated carbocycles. The number of carbonyl (C=O) groups excluding carboxylic acids is 1. The molecule has 0 aliphatic heterocycles. The van der Waals surface area contributed by atoms with Crippen molar-refractivity contribution in [1.82, 2.24) is 5.32 Å². The summed E-state index contributed by atoms with van der Waals surface area (Å²) in [5, 5.41) is 3.35. The van der Waals surface area contributed by atoms with Crippen LogP contribution in [0.4, 0.5) is 0 Å². The van der Waals surface area contributed by atoms with E-state index in [1.165, 1.54) is 7.11 Å². The molecule has 0 spiro atoms. The van der Waals surface area contributed by atoms with Gasteiger partial charge in [-0.1, -0.05) is 25.1 Å². The standard InChI is InChI=1S/C20H25NO4/c1-5-21-13-17-14(12-19(22)25-4)9-10-18(24-3)20(17)15-7-6-8-16(11-15)23-2/h6-11,21H,5,12-13H2,1-4H3. The Morgan fingerprint density at radius 2 is 1.88 bits per heavy atom. The number of benzene rings is 2. The molecule has 0 fully saturated rings. The minimum atomic E-state index is -0.264. The van der Waals surface area contributed by atoms with E-state index < -0.39 is 0 Å². The highest BCUT2D eigenvalue weighted by atomic mass is 16.5. The molecule has 0 aliphatic carbocycles. The van der Waals surface area contributed by atoms with Gasteiger partial charge in [-0.2, -0.15) is 0 Å². The Morgan fingerprint density at radius 3 is 2.52 bits per heavy atom. The maximum atomic E-state index is 11.8. The quantitative estimate of drug-likeness (QED) is 0.746. The molecule has 134 valence electrons. The van der Waals surface area contributed by atoms with Gasteiger partial charge in [0.15, 0.2) is 0 Å². The fourth-order valence-corrected chi connectivity index (χ4v) is 2.78. The third-order valence-corrected chi connectivity index (χ3v) is 4.06. The summed E-state index contributed by atoms with van der Waals surface area (Å²) >= 11 is 0. The normalized spacial score (nSPS) is 10.4. The first-order valence-corrected chi connectivity index (χ1v) is 8.25. The Labute approximate surface area is 148 Å². The van der Waals surface area contributed by atoms with Gasteiger partial charge in [0.2, 0.25) is 0 Å². The number of ether oxygens (including phenoxy) is 3. The molecule has 2 aromatic carbocycles. The van der Waals surface area contributed by atoms with Crippen molar-refractivity contribution in [3.05, 3.63) is 47.5 Å². The first-order valence-electron chi connectivity index (χ1n) is 8.25. The van der Waals surface area contributed by atoms with Crippen LogP contribution in [0.2, 0.25) is 0 Å². The highest BCUT2D eigenvalue weighted by Crippen LogP contribution is 2.37. The van der Waals surface area contributed by atoms with Gasteiger partial charge in [-0.3, -0.25) is 4.79 Å². The number of carbonyl (C=O) groups is 1. The molecule has 0 saturated heterocycles. The van der Waals surface area contributed by atoms with Crippen LogP contribution in [0, 0.1) is 0 Å². The number of rotatable bonds is 8. The minimum absolute atomic E-state index is 0.220. The number of nitrogens with one attached hydrogen (secondary N) is 1. The van der Waals surface area contributed by atoms with Crippen molar-refractivity contribution in [2.24, 2.45) is 0 Å². The molecule has 0 radical (unpaired) electrons. The topological polar surface area (TPSA) is 56.8 Å². The van der Waals surface area contributed by atoms with Crippen LogP contribution >= 0.6 is 0 Å². The number of hydrogen-bond acceptors (Lipinski definition) is 5. The summed E-state index contributed by atoms with van der Waals surface area (Å²) in [7, 11) is 4.69. The third-order valence-electron chi connectivity index (χ3n) is 4.06.